The predicted octanol–water partition coefficient (Wildman–Crippen LogP) is 2.63. The lowest BCUT2D eigenvalue weighted by atomic mass is 10.1. The zero-order valence-corrected chi connectivity index (χ0v) is 13.9. The molecule has 1 unspecified atom stereocenters. The maximum absolute atomic E-state index is 13.0. The van der Waals surface area contributed by atoms with Gasteiger partial charge in [0.2, 0.25) is 0 Å². The zero-order valence-electron chi connectivity index (χ0n) is 13.9. The molecule has 1 N–H and O–H groups in total. The van der Waals surface area contributed by atoms with E-state index in [2.05, 4.69) is 4.98 Å². The Morgan fingerprint density at radius 2 is 2.04 bits per heavy atom. The highest BCUT2D eigenvalue weighted by Crippen LogP contribution is 2.31. The molecule has 0 aliphatic heterocycles. The molecule has 3 rings (SSSR count). The molecule has 24 heavy (non-hydrogen) atoms. The normalized spacial score (nSPS) is 15.1. The Morgan fingerprint density at radius 1 is 1.33 bits per heavy atom. The summed E-state index contributed by atoms with van der Waals surface area (Å²) in [5, 5.41) is 10.1. The van der Waals surface area contributed by atoms with Crippen LogP contribution in [0, 0.1) is 6.92 Å². The average Bonchev–Trinajstić information content (AvgIpc) is 3.38. The molecular weight excluding hydrogens is 308 g/mol. The van der Waals surface area contributed by atoms with E-state index in [-0.39, 0.29) is 11.9 Å². The van der Waals surface area contributed by atoms with E-state index in [1.807, 2.05) is 18.2 Å². The van der Waals surface area contributed by atoms with Gasteiger partial charge in [0.25, 0.3) is 5.91 Å². The van der Waals surface area contributed by atoms with Crippen LogP contribution in [-0.2, 0) is 4.79 Å². The van der Waals surface area contributed by atoms with E-state index < -0.39 is 12.0 Å². The van der Waals surface area contributed by atoms with Crippen LogP contribution in [0.2, 0.25) is 0 Å². The van der Waals surface area contributed by atoms with Crippen molar-refractivity contribution in [1.82, 2.24) is 9.88 Å². The molecule has 1 aromatic carbocycles. The molecule has 126 valence electrons. The van der Waals surface area contributed by atoms with Crippen LogP contribution < -0.4 is 4.74 Å². The maximum atomic E-state index is 13.0. The van der Waals surface area contributed by atoms with E-state index in [9.17, 15) is 14.7 Å². The van der Waals surface area contributed by atoms with Crippen molar-refractivity contribution >= 4 is 22.8 Å². The van der Waals surface area contributed by atoms with Gasteiger partial charge in [0.15, 0.2) is 0 Å². The molecule has 0 spiro atoms. The number of aliphatic carboxylic acids is 1. The number of aromatic nitrogens is 1. The summed E-state index contributed by atoms with van der Waals surface area (Å²) in [5.41, 5.74) is 1.78. The Labute approximate surface area is 140 Å². The molecular formula is C18H20N2O4. The molecule has 1 amide bonds. The average molecular weight is 328 g/mol. The van der Waals surface area contributed by atoms with Crippen LogP contribution in [0.4, 0.5) is 0 Å². The number of carbonyl (C=O) groups is 2. The summed E-state index contributed by atoms with van der Waals surface area (Å²) in [6.45, 7) is 3.32. The largest absolute Gasteiger partial charge is 0.497 e. The molecule has 1 atom stereocenters. The predicted molar refractivity (Wildman–Crippen MR) is 89.3 cm³/mol. The fourth-order valence-electron chi connectivity index (χ4n) is 2.86. The molecule has 0 saturated heterocycles. The second-order valence-electron chi connectivity index (χ2n) is 6.14. The summed E-state index contributed by atoms with van der Waals surface area (Å²) in [5.74, 6) is -0.561. The Balaban J connectivity index is 2.02. The standard InChI is InChI=1S/C18H20N2O4/c1-10-15(8-12-4-7-14(24-3)9-16(12)19-10)17(21)20(13-5-6-13)11(2)18(22)23/h4,7-9,11,13H,5-6H2,1-3H3,(H,22,23). The monoisotopic (exact) mass is 328 g/mol. The first-order valence-electron chi connectivity index (χ1n) is 7.93. The Hall–Kier alpha value is -2.63. The number of rotatable bonds is 5. The molecule has 1 fully saturated rings. The number of nitrogens with zero attached hydrogens (tertiary/aromatic N) is 2. The quantitative estimate of drug-likeness (QED) is 0.912. The first-order chi connectivity index (χ1) is 11.4. The van der Waals surface area contributed by atoms with Gasteiger partial charge in [0, 0.05) is 17.5 Å². The Kier molecular flexibility index (Phi) is 4.13. The number of carboxylic acids is 1. The van der Waals surface area contributed by atoms with Crippen molar-refractivity contribution in [3.05, 3.63) is 35.5 Å². The van der Waals surface area contributed by atoms with Crippen LogP contribution in [-0.4, -0.2) is 46.1 Å². The molecule has 1 aromatic heterocycles. The van der Waals surface area contributed by atoms with Crippen molar-refractivity contribution in [1.29, 1.82) is 0 Å². The molecule has 1 heterocycles. The van der Waals surface area contributed by atoms with E-state index in [1.54, 1.807) is 27.0 Å². The van der Waals surface area contributed by atoms with E-state index in [0.717, 1.165) is 23.7 Å². The van der Waals surface area contributed by atoms with Crippen LogP contribution in [0.3, 0.4) is 0 Å². The first-order valence-corrected chi connectivity index (χ1v) is 7.93. The van der Waals surface area contributed by atoms with Gasteiger partial charge in [-0.3, -0.25) is 9.78 Å². The Bertz CT molecular complexity index is 814. The summed E-state index contributed by atoms with van der Waals surface area (Å²) in [6.07, 6.45) is 1.70. The van der Waals surface area contributed by atoms with Gasteiger partial charge in [-0.2, -0.15) is 0 Å². The van der Waals surface area contributed by atoms with Gasteiger partial charge in [-0.05, 0) is 44.9 Å². The number of ether oxygens (including phenoxy) is 1. The number of carbonyl (C=O) groups excluding carboxylic acids is 1. The maximum Gasteiger partial charge on any atom is 0.326 e. The van der Waals surface area contributed by atoms with Crippen LogP contribution in [0.15, 0.2) is 24.3 Å². The fourth-order valence-corrected chi connectivity index (χ4v) is 2.86. The van der Waals surface area contributed by atoms with E-state index in [1.165, 1.54) is 4.90 Å². The lowest BCUT2D eigenvalue weighted by Gasteiger charge is -2.27. The van der Waals surface area contributed by atoms with Gasteiger partial charge in [-0.15, -0.1) is 0 Å². The van der Waals surface area contributed by atoms with Crippen molar-refractivity contribution in [2.45, 2.75) is 38.8 Å². The number of amides is 1. The van der Waals surface area contributed by atoms with Crippen LogP contribution >= 0.6 is 0 Å². The summed E-state index contributed by atoms with van der Waals surface area (Å²) < 4.78 is 5.20. The molecule has 1 aliphatic carbocycles. The number of hydrogen-bond acceptors (Lipinski definition) is 4. The van der Waals surface area contributed by atoms with Gasteiger partial charge in [0.05, 0.1) is 23.9 Å². The van der Waals surface area contributed by atoms with Crippen LogP contribution in [0.5, 0.6) is 5.75 Å². The summed E-state index contributed by atoms with van der Waals surface area (Å²) in [7, 11) is 1.59. The van der Waals surface area contributed by atoms with E-state index in [0.29, 0.717) is 17.0 Å². The first kappa shape index (κ1) is 16.2. The smallest absolute Gasteiger partial charge is 0.326 e. The van der Waals surface area contributed by atoms with Gasteiger partial charge < -0.3 is 14.7 Å². The number of hydrogen-bond donors (Lipinski definition) is 1. The molecule has 6 heteroatoms. The number of benzene rings is 1. The van der Waals surface area contributed by atoms with E-state index >= 15 is 0 Å². The third-order valence-corrected chi connectivity index (χ3v) is 4.40. The van der Waals surface area contributed by atoms with Crippen LogP contribution in [0.1, 0.15) is 35.8 Å². The highest BCUT2D eigenvalue weighted by molar-refractivity contribution is 6.00. The second kappa shape index (κ2) is 6.11. The summed E-state index contributed by atoms with van der Waals surface area (Å²) in [4.78, 5) is 30.3. The number of fused-ring (bicyclic) bond motifs is 1. The fraction of sp³-hybridized carbons (Fsp3) is 0.389. The molecule has 1 saturated carbocycles. The summed E-state index contributed by atoms with van der Waals surface area (Å²) in [6, 6.07) is 6.41. The highest BCUT2D eigenvalue weighted by atomic mass is 16.5. The van der Waals surface area contributed by atoms with Gasteiger partial charge >= 0.3 is 5.97 Å². The minimum Gasteiger partial charge on any atom is -0.497 e. The number of aryl methyl sites for hydroxylation is 1. The molecule has 0 bridgehead atoms. The lowest BCUT2D eigenvalue weighted by Crippen LogP contribution is -2.45. The topological polar surface area (TPSA) is 79.7 Å². The van der Waals surface area contributed by atoms with Crippen molar-refractivity contribution in [3.63, 3.8) is 0 Å². The zero-order chi connectivity index (χ0) is 17.4. The third kappa shape index (κ3) is 2.91. The van der Waals surface area contributed by atoms with Crippen molar-refractivity contribution < 1.29 is 19.4 Å². The molecule has 1 aliphatic rings. The van der Waals surface area contributed by atoms with Gasteiger partial charge in [-0.25, -0.2) is 4.79 Å². The SMILES string of the molecule is COc1ccc2cc(C(=O)N(C3CC3)C(C)C(=O)O)c(C)nc2c1. The van der Waals surface area contributed by atoms with E-state index in [4.69, 9.17) is 4.74 Å². The van der Waals surface area contributed by atoms with Gasteiger partial charge in [0.1, 0.15) is 11.8 Å². The van der Waals surface area contributed by atoms with Gasteiger partial charge in [-0.1, -0.05) is 0 Å². The number of carboxylic acid groups (broad SMARTS) is 1. The molecule has 0 radical (unpaired) electrons. The van der Waals surface area contributed by atoms with Crippen LogP contribution in [0.25, 0.3) is 10.9 Å². The second-order valence-corrected chi connectivity index (χ2v) is 6.14. The minimum atomic E-state index is -0.994. The third-order valence-electron chi connectivity index (χ3n) is 4.40. The summed E-state index contributed by atoms with van der Waals surface area (Å²) >= 11 is 0. The molecule has 6 nitrogen and oxygen atoms in total. The number of pyridine rings is 1. The lowest BCUT2D eigenvalue weighted by molar-refractivity contribution is -0.141. The van der Waals surface area contributed by atoms with Crippen molar-refractivity contribution in [3.8, 4) is 5.75 Å². The Morgan fingerprint density at radius 3 is 2.62 bits per heavy atom. The van der Waals surface area contributed by atoms with Crippen molar-refractivity contribution in [2.24, 2.45) is 0 Å². The highest BCUT2D eigenvalue weighted by Gasteiger charge is 2.39. The minimum absolute atomic E-state index is 0.00886. The number of methoxy groups -OCH3 is 1. The molecule has 2 aromatic rings. The van der Waals surface area contributed by atoms with Crippen molar-refractivity contribution in [2.75, 3.05) is 7.11 Å².